The van der Waals surface area contributed by atoms with Crippen LogP contribution in [0.2, 0.25) is 0 Å². The Hall–Kier alpha value is -2.01. The molecule has 2 fully saturated rings. The molecule has 0 radical (unpaired) electrons. The van der Waals surface area contributed by atoms with Crippen LogP contribution in [0.25, 0.3) is 11.1 Å². The predicted octanol–water partition coefficient (Wildman–Crippen LogP) is -1.90. The van der Waals surface area contributed by atoms with Gasteiger partial charge in [-0.05, 0) is 34.9 Å². The molecule has 2 heterocycles. The molecule has 0 aliphatic carbocycles. The number of aliphatic hydroxyl groups excluding tert-OH is 7. The topological polar surface area (TPSA) is 203 Å². The van der Waals surface area contributed by atoms with E-state index in [1.54, 1.807) is 36.4 Å². The van der Waals surface area contributed by atoms with Crippen LogP contribution in [0, 0.1) is 0 Å². The van der Waals surface area contributed by atoms with Gasteiger partial charge < -0.3 is 50.0 Å². The number of aliphatic hydroxyl groups is 7. The first-order chi connectivity index (χ1) is 18.0. The van der Waals surface area contributed by atoms with Crippen LogP contribution < -0.4 is 0 Å². The Morgan fingerprint density at radius 2 is 1.39 bits per heavy atom. The molecular formula is C25H32O12S. The number of hydrogen-bond acceptors (Lipinski definition) is 12. The SMILES string of the molecule is CS(=O)(=O)c1ccc(-c2cccc([C@H]3O[C@H](CO)[C@@H](O)[C@H](O[C@H]4O[C@H](CO)[C@@H](O)[C@H](O)[C@@H]4O)[C@@H]3O)c2)cc1. The van der Waals surface area contributed by atoms with E-state index < -0.39 is 84.3 Å². The third-order valence-electron chi connectivity index (χ3n) is 6.84. The third-order valence-corrected chi connectivity index (χ3v) is 7.96. The average Bonchev–Trinajstić information content (AvgIpc) is 2.90. The van der Waals surface area contributed by atoms with Crippen molar-refractivity contribution >= 4 is 9.84 Å². The first kappa shape index (κ1) is 29.0. The molecule has 13 heteroatoms. The average molecular weight is 557 g/mol. The molecule has 0 aromatic heterocycles. The highest BCUT2D eigenvalue weighted by Gasteiger charge is 2.50. The summed E-state index contributed by atoms with van der Waals surface area (Å²) in [6, 6.07) is 13.0. The monoisotopic (exact) mass is 556 g/mol. The smallest absolute Gasteiger partial charge is 0.187 e. The lowest BCUT2D eigenvalue weighted by Crippen LogP contribution is -2.63. The van der Waals surface area contributed by atoms with Gasteiger partial charge >= 0.3 is 0 Å². The molecule has 0 spiro atoms. The quantitative estimate of drug-likeness (QED) is 0.200. The highest BCUT2D eigenvalue weighted by atomic mass is 32.2. The van der Waals surface area contributed by atoms with E-state index in [1.165, 1.54) is 12.1 Å². The van der Waals surface area contributed by atoms with E-state index in [0.29, 0.717) is 16.7 Å². The summed E-state index contributed by atoms with van der Waals surface area (Å²) in [7, 11) is -3.37. The summed E-state index contributed by atoms with van der Waals surface area (Å²) in [4.78, 5) is 0.163. The maximum Gasteiger partial charge on any atom is 0.187 e. The molecule has 0 unspecified atom stereocenters. The molecule has 210 valence electrons. The van der Waals surface area contributed by atoms with Crippen LogP contribution in [-0.4, -0.2) is 119 Å². The van der Waals surface area contributed by atoms with Gasteiger partial charge in [-0.15, -0.1) is 0 Å². The molecule has 2 aliphatic heterocycles. The lowest BCUT2D eigenvalue weighted by atomic mass is 9.89. The number of sulfone groups is 1. The molecule has 2 aromatic rings. The second-order valence-corrected chi connectivity index (χ2v) is 11.5. The Morgan fingerprint density at radius 1 is 0.763 bits per heavy atom. The normalized spacial score (nSPS) is 36.2. The molecule has 2 aliphatic rings. The molecular weight excluding hydrogens is 524 g/mol. The van der Waals surface area contributed by atoms with Crippen LogP contribution >= 0.6 is 0 Å². The van der Waals surface area contributed by atoms with E-state index >= 15 is 0 Å². The zero-order valence-electron chi connectivity index (χ0n) is 20.4. The first-order valence-corrected chi connectivity index (χ1v) is 13.8. The Bertz CT molecular complexity index is 1190. The first-order valence-electron chi connectivity index (χ1n) is 11.9. The van der Waals surface area contributed by atoms with Crippen molar-refractivity contribution in [2.45, 2.75) is 66.1 Å². The van der Waals surface area contributed by atoms with E-state index in [1.807, 2.05) is 0 Å². The van der Waals surface area contributed by atoms with E-state index in [0.717, 1.165) is 6.26 Å². The minimum atomic E-state index is -3.37. The summed E-state index contributed by atoms with van der Waals surface area (Å²) < 4.78 is 40.3. The molecule has 2 aromatic carbocycles. The number of hydrogen-bond donors (Lipinski definition) is 7. The van der Waals surface area contributed by atoms with Gasteiger partial charge in [0.15, 0.2) is 16.1 Å². The third kappa shape index (κ3) is 5.78. The fraction of sp³-hybridized carbons (Fsp3) is 0.520. The Kier molecular flexibility index (Phi) is 8.86. The Balaban J connectivity index is 1.60. The van der Waals surface area contributed by atoms with E-state index in [4.69, 9.17) is 14.2 Å². The molecule has 7 N–H and O–H groups in total. The van der Waals surface area contributed by atoms with Crippen LogP contribution in [0.1, 0.15) is 11.7 Å². The molecule has 10 atom stereocenters. The highest BCUT2D eigenvalue weighted by molar-refractivity contribution is 7.90. The molecule has 4 rings (SSSR count). The molecule has 0 bridgehead atoms. The predicted molar refractivity (Wildman–Crippen MR) is 130 cm³/mol. The van der Waals surface area contributed by atoms with E-state index in [2.05, 4.69) is 0 Å². The Morgan fingerprint density at radius 3 is 2.00 bits per heavy atom. The summed E-state index contributed by atoms with van der Waals surface area (Å²) >= 11 is 0. The van der Waals surface area contributed by atoms with Crippen molar-refractivity contribution in [2.24, 2.45) is 0 Å². The van der Waals surface area contributed by atoms with Crippen molar-refractivity contribution < 1.29 is 58.4 Å². The van der Waals surface area contributed by atoms with Crippen molar-refractivity contribution in [1.82, 2.24) is 0 Å². The summed E-state index contributed by atoms with van der Waals surface area (Å²) in [5.74, 6) is 0. The van der Waals surface area contributed by atoms with Gasteiger partial charge in [-0.3, -0.25) is 0 Å². The summed E-state index contributed by atoms with van der Waals surface area (Å²) in [5, 5.41) is 71.5. The standard InChI is InChI=1S/C25H32O12S/c1-38(33,34)15-7-5-12(6-8-15)13-3-2-4-14(9-13)23-22(32)24(19(29)17(11-27)35-23)37-25-21(31)20(30)18(28)16(10-26)36-25/h2-9,16-32H,10-11H2,1H3/t16-,17-,18-,19-,20+,21+,22-,23-,24+,25-/m1/s1. The Labute approximate surface area is 219 Å². The second kappa shape index (κ2) is 11.6. The van der Waals surface area contributed by atoms with Crippen LogP contribution in [0.15, 0.2) is 53.4 Å². The van der Waals surface area contributed by atoms with Crippen molar-refractivity contribution in [1.29, 1.82) is 0 Å². The lowest BCUT2D eigenvalue weighted by Gasteiger charge is -2.46. The molecule has 12 nitrogen and oxygen atoms in total. The van der Waals surface area contributed by atoms with Gasteiger partial charge in [0, 0.05) is 6.26 Å². The van der Waals surface area contributed by atoms with Gasteiger partial charge in [0.2, 0.25) is 0 Å². The van der Waals surface area contributed by atoms with Crippen molar-refractivity contribution in [3.8, 4) is 11.1 Å². The van der Waals surface area contributed by atoms with Crippen LogP contribution in [0.3, 0.4) is 0 Å². The maximum absolute atomic E-state index is 11.8. The minimum Gasteiger partial charge on any atom is -0.394 e. The molecule has 0 amide bonds. The fourth-order valence-corrected chi connectivity index (χ4v) is 5.28. The van der Waals surface area contributed by atoms with Crippen LogP contribution in [-0.2, 0) is 24.0 Å². The lowest BCUT2D eigenvalue weighted by molar-refractivity contribution is -0.342. The largest absolute Gasteiger partial charge is 0.394 e. The highest BCUT2D eigenvalue weighted by Crippen LogP contribution is 2.37. The second-order valence-electron chi connectivity index (χ2n) is 9.48. The van der Waals surface area contributed by atoms with Crippen molar-refractivity contribution in [2.75, 3.05) is 19.5 Å². The fourth-order valence-electron chi connectivity index (χ4n) is 4.65. The van der Waals surface area contributed by atoms with Gasteiger partial charge in [-0.1, -0.05) is 30.3 Å². The summed E-state index contributed by atoms with van der Waals surface area (Å²) in [5.41, 5.74) is 1.82. The van der Waals surface area contributed by atoms with Crippen LogP contribution in [0.5, 0.6) is 0 Å². The van der Waals surface area contributed by atoms with Crippen molar-refractivity contribution in [3.05, 3.63) is 54.1 Å². The minimum absolute atomic E-state index is 0.163. The van der Waals surface area contributed by atoms with Gasteiger partial charge in [-0.25, -0.2) is 8.42 Å². The van der Waals surface area contributed by atoms with Gasteiger partial charge in [0.25, 0.3) is 0 Å². The molecule has 38 heavy (non-hydrogen) atoms. The van der Waals surface area contributed by atoms with Crippen LogP contribution in [0.4, 0.5) is 0 Å². The number of rotatable bonds is 7. The van der Waals surface area contributed by atoms with Gasteiger partial charge in [-0.2, -0.15) is 0 Å². The van der Waals surface area contributed by atoms with Gasteiger partial charge in [0.1, 0.15) is 54.9 Å². The maximum atomic E-state index is 11.8. The van der Waals surface area contributed by atoms with Crippen molar-refractivity contribution in [3.63, 3.8) is 0 Å². The van der Waals surface area contributed by atoms with E-state index in [9.17, 15) is 44.2 Å². The number of benzene rings is 2. The summed E-state index contributed by atoms with van der Waals surface area (Å²) in [6.07, 6.45) is -13.8. The zero-order valence-corrected chi connectivity index (χ0v) is 21.2. The summed E-state index contributed by atoms with van der Waals surface area (Å²) in [6.45, 7) is -1.32. The number of ether oxygens (including phenoxy) is 3. The van der Waals surface area contributed by atoms with E-state index in [-0.39, 0.29) is 4.90 Å². The van der Waals surface area contributed by atoms with Gasteiger partial charge in [0.05, 0.1) is 18.1 Å². The molecule has 0 saturated carbocycles. The molecule has 2 saturated heterocycles. The zero-order chi connectivity index (χ0) is 27.8.